The third-order valence-electron chi connectivity index (χ3n) is 3.25. The van der Waals surface area contributed by atoms with Crippen LogP contribution in [0, 0.1) is 0 Å². The smallest absolute Gasteiger partial charge is 0.234 e. The highest BCUT2D eigenvalue weighted by atomic mass is 32.1. The fourth-order valence-corrected chi connectivity index (χ4v) is 3.71. The van der Waals surface area contributed by atoms with Crippen LogP contribution in [0.4, 0.5) is 5.13 Å². The highest BCUT2D eigenvalue weighted by Crippen LogP contribution is 2.26. The topological polar surface area (TPSA) is 91.2 Å². The molecule has 1 atom stereocenters. The van der Waals surface area contributed by atoms with Gasteiger partial charge < -0.3 is 10.5 Å². The minimum absolute atomic E-state index is 0.301. The molecule has 0 aromatic carbocycles. The van der Waals surface area contributed by atoms with E-state index in [4.69, 9.17) is 10.5 Å². The second kappa shape index (κ2) is 4.76. The Morgan fingerprint density at radius 2 is 2.40 bits per heavy atom. The molecule has 0 saturated carbocycles. The van der Waals surface area contributed by atoms with E-state index in [0.717, 1.165) is 34.5 Å². The quantitative estimate of drug-likeness (QED) is 0.784. The summed E-state index contributed by atoms with van der Waals surface area (Å²) in [5.74, 6) is 1.20. The van der Waals surface area contributed by atoms with Crippen LogP contribution in [0.25, 0.3) is 4.96 Å². The van der Waals surface area contributed by atoms with Gasteiger partial charge in [0.15, 0.2) is 11.0 Å². The Balaban J connectivity index is 1.65. The molecule has 20 heavy (non-hydrogen) atoms. The number of aromatic nitrogens is 5. The van der Waals surface area contributed by atoms with E-state index in [1.165, 1.54) is 11.3 Å². The average molecular weight is 308 g/mol. The summed E-state index contributed by atoms with van der Waals surface area (Å²) in [6, 6.07) is 0. The maximum absolute atomic E-state index is 5.64. The molecule has 1 aliphatic heterocycles. The van der Waals surface area contributed by atoms with Gasteiger partial charge >= 0.3 is 0 Å². The summed E-state index contributed by atoms with van der Waals surface area (Å²) < 4.78 is 7.25. The zero-order chi connectivity index (χ0) is 13.5. The van der Waals surface area contributed by atoms with Crippen LogP contribution in [0.5, 0.6) is 0 Å². The third kappa shape index (κ3) is 2.07. The van der Waals surface area contributed by atoms with Gasteiger partial charge in [-0.15, -0.1) is 21.5 Å². The molecule has 4 rings (SSSR count). The fraction of sp³-hybridized carbons (Fsp3) is 0.455. The number of nitrogens with zero attached hydrogens (tertiary/aromatic N) is 5. The maximum Gasteiger partial charge on any atom is 0.234 e. The summed E-state index contributed by atoms with van der Waals surface area (Å²) in [5, 5.41) is 16.6. The van der Waals surface area contributed by atoms with Gasteiger partial charge in [0.1, 0.15) is 5.01 Å². The number of hydrogen-bond acceptors (Lipinski definition) is 8. The Morgan fingerprint density at radius 1 is 1.45 bits per heavy atom. The van der Waals surface area contributed by atoms with Crippen LogP contribution < -0.4 is 5.73 Å². The van der Waals surface area contributed by atoms with Crippen molar-refractivity contribution >= 4 is 32.8 Å². The Morgan fingerprint density at radius 3 is 3.15 bits per heavy atom. The Kier molecular flexibility index (Phi) is 2.90. The molecule has 3 aromatic heterocycles. The van der Waals surface area contributed by atoms with Gasteiger partial charge in [0.25, 0.3) is 0 Å². The molecule has 1 aliphatic rings. The van der Waals surface area contributed by atoms with Crippen molar-refractivity contribution in [2.24, 2.45) is 0 Å². The van der Waals surface area contributed by atoms with E-state index < -0.39 is 0 Å². The zero-order valence-corrected chi connectivity index (χ0v) is 12.2. The summed E-state index contributed by atoms with van der Waals surface area (Å²) in [6.45, 7) is 1.49. The molecule has 9 heteroatoms. The molecule has 4 heterocycles. The van der Waals surface area contributed by atoms with Gasteiger partial charge in [0.2, 0.25) is 4.96 Å². The standard InChI is InChI=1S/C11H12N6OS2/c12-10-13-7(5-19-10)3-8-16-17-9(6-1-2-18-4-6)14-15-11(17)20-8/h5-6H,1-4H2,(H2,12,13). The van der Waals surface area contributed by atoms with E-state index in [1.807, 2.05) is 9.90 Å². The summed E-state index contributed by atoms with van der Waals surface area (Å²) >= 11 is 2.99. The molecular formula is C11H12N6OS2. The Hall–Kier alpha value is -1.58. The molecule has 1 unspecified atom stereocenters. The maximum atomic E-state index is 5.64. The lowest BCUT2D eigenvalue weighted by molar-refractivity contribution is 0.193. The van der Waals surface area contributed by atoms with E-state index in [9.17, 15) is 0 Å². The molecular weight excluding hydrogens is 296 g/mol. The van der Waals surface area contributed by atoms with Gasteiger partial charge in [0, 0.05) is 24.3 Å². The lowest BCUT2D eigenvalue weighted by Gasteiger charge is -2.01. The molecule has 0 amide bonds. The lowest BCUT2D eigenvalue weighted by atomic mass is 10.1. The van der Waals surface area contributed by atoms with Crippen LogP contribution in [-0.2, 0) is 11.2 Å². The summed E-state index contributed by atoms with van der Waals surface area (Å²) in [7, 11) is 0. The SMILES string of the molecule is Nc1nc(Cc2nn3c(C4CCOC4)nnc3s2)cs1. The monoisotopic (exact) mass is 308 g/mol. The number of anilines is 1. The third-order valence-corrected chi connectivity index (χ3v) is 4.88. The highest BCUT2D eigenvalue weighted by Gasteiger charge is 2.24. The number of nitrogens with two attached hydrogens (primary N) is 1. The second-order valence-corrected chi connectivity index (χ2v) is 6.59. The van der Waals surface area contributed by atoms with E-state index in [0.29, 0.717) is 24.1 Å². The number of rotatable bonds is 3. The van der Waals surface area contributed by atoms with Crippen molar-refractivity contribution < 1.29 is 4.74 Å². The van der Waals surface area contributed by atoms with Gasteiger partial charge in [-0.1, -0.05) is 11.3 Å². The van der Waals surface area contributed by atoms with Crippen LogP contribution in [-0.4, -0.2) is 38.0 Å². The van der Waals surface area contributed by atoms with Crippen molar-refractivity contribution in [1.29, 1.82) is 0 Å². The van der Waals surface area contributed by atoms with Gasteiger partial charge in [0.05, 0.1) is 12.3 Å². The summed E-state index contributed by atoms with van der Waals surface area (Å²) in [6.07, 6.45) is 1.67. The zero-order valence-electron chi connectivity index (χ0n) is 10.5. The molecule has 7 nitrogen and oxygen atoms in total. The average Bonchev–Trinajstić information content (AvgIpc) is 3.13. The number of fused-ring (bicyclic) bond motifs is 1. The number of nitrogen functional groups attached to an aromatic ring is 1. The fourth-order valence-electron chi connectivity index (χ4n) is 2.29. The number of hydrogen-bond donors (Lipinski definition) is 1. The number of thiazole rings is 1. The first-order valence-corrected chi connectivity index (χ1v) is 7.98. The first-order chi connectivity index (χ1) is 9.79. The van der Waals surface area contributed by atoms with Gasteiger partial charge in [-0.3, -0.25) is 0 Å². The molecule has 0 spiro atoms. The largest absolute Gasteiger partial charge is 0.381 e. The minimum Gasteiger partial charge on any atom is -0.381 e. The van der Waals surface area contributed by atoms with E-state index in [2.05, 4.69) is 20.3 Å². The van der Waals surface area contributed by atoms with Crippen molar-refractivity contribution in [1.82, 2.24) is 24.8 Å². The van der Waals surface area contributed by atoms with Gasteiger partial charge in [-0.2, -0.15) is 9.61 Å². The van der Waals surface area contributed by atoms with Crippen LogP contribution in [0.1, 0.15) is 28.9 Å². The van der Waals surface area contributed by atoms with Gasteiger partial charge in [-0.05, 0) is 6.42 Å². The Bertz CT molecular complexity index is 741. The van der Waals surface area contributed by atoms with E-state index in [1.54, 1.807) is 11.3 Å². The molecule has 1 fully saturated rings. The van der Waals surface area contributed by atoms with Crippen LogP contribution in [0.2, 0.25) is 0 Å². The molecule has 2 N–H and O–H groups in total. The predicted molar refractivity (Wildman–Crippen MR) is 76.2 cm³/mol. The van der Waals surface area contributed by atoms with Crippen molar-refractivity contribution in [2.75, 3.05) is 18.9 Å². The summed E-state index contributed by atoms with van der Waals surface area (Å²) in [5.41, 5.74) is 6.59. The normalized spacial score (nSPS) is 19.1. The van der Waals surface area contributed by atoms with E-state index in [-0.39, 0.29) is 0 Å². The molecule has 3 aromatic rings. The first-order valence-electron chi connectivity index (χ1n) is 6.28. The highest BCUT2D eigenvalue weighted by molar-refractivity contribution is 7.16. The van der Waals surface area contributed by atoms with Gasteiger partial charge in [-0.25, -0.2) is 4.98 Å². The minimum atomic E-state index is 0.301. The van der Waals surface area contributed by atoms with Crippen molar-refractivity contribution in [3.63, 3.8) is 0 Å². The van der Waals surface area contributed by atoms with E-state index >= 15 is 0 Å². The molecule has 0 bridgehead atoms. The van der Waals surface area contributed by atoms with Crippen LogP contribution in [0.15, 0.2) is 5.38 Å². The molecule has 1 saturated heterocycles. The Labute approximate surface area is 122 Å². The number of ether oxygens (including phenoxy) is 1. The molecule has 0 aliphatic carbocycles. The lowest BCUT2D eigenvalue weighted by Crippen LogP contribution is -2.05. The van der Waals surface area contributed by atoms with Crippen molar-refractivity contribution in [3.05, 3.63) is 21.9 Å². The molecule has 0 radical (unpaired) electrons. The first kappa shape index (κ1) is 12.2. The van der Waals surface area contributed by atoms with Crippen molar-refractivity contribution in [3.8, 4) is 0 Å². The van der Waals surface area contributed by atoms with Crippen LogP contribution in [0.3, 0.4) is 0 Å². The predicted octanol–water partition coefficient (Wildman–Crippen LogP) is 1.32. The summed E-state index contributed by atoms with van der Waals surface area (Å²) in [4.78, 5) is 5.08. The second-order valence-electron chi connectivity index (χ2n) is 4.66. The van der Waals surface area contributed by atoms with Crippen molar-refractivity contribution in [2.45, 2.75) is 18.8 Å². The molecule has 104 valence electrons. The van der Waals surface area contributed by atoms with Crippen LogP contribution >= 0.6 is 22.7 Å².